The topological polar surface area (TPSA) is 110 Å². The van der Waals surface area contributed by atoms with Gasteiger partial charge >= 0.3 is 23.4 Å². The lowest BCUT2D eigenvalue weighted by molar-refractivity contribution is -0.248. The summed E-state index contributed by atoms with van der Waals surface area (Å²) in [4.78, 5) is 24.5. The summed E-state index contributed by atoms with van der Waals surface area (Å²) in [6, 6.07) is 9.84. The molecule has 0 aliphatic heterocycles. The van der Waals surface area contributed by atoms with E-state index in [1.165, 1.54) is 18.2 Å². The number of alkyl halides is 5. The molecule has 1 atom stereocenters. The van der Waals surface area contributed by atoms with Gasteiger partial charge in [0.2, 0.25) is 0 Å². The average Bonchev–Trinajstić information content (AvgIpc) is 2.65. The molecule has 2 aromatic carbocycles. The quantitative estimate of drug-likeness (QED) is 0.169. The Morgan fingerprint density at radius 3 is 1.84 bits per heavy atom. The van der Waals surface area contributed by atoms with Crippen LogP contribution in [0.1, 0.15) is 20.7 Å². The van der Waals surface area contributed by atoms with Crippen molar-refractivity contribution in [3.8, 4) is 5.75 Å². The van der Waals surface area contributed by atoms with E-state index in [0.29, 0.717) is 0 Å². The van der Waals surface area contributed by atoms with Crippen molar-refractivity contribution < 1.29 is 54.0 Å². The van der Waals surface area contributed by atoms with Crippen LogP contribution in [0.5, 0.6) is 5.75 Å². The molecule has 31 heavy (non-hydrogen) atoms. The summed E-state index contributed by atoms with van der Waals surface area (Å²) in [6.45, 7) is 0. The highest BCUT2D eigenvalue weighted by atomic mass is 127. The highest BCUT2D eigenvalue weighted by Crippen LogP contribution is 2.38. The van der Waals surface area contributed by atoms with Gasteiger partial charge in [0, 0.05) is 3.57 Å². The van der Waals surface area contributed by atoms with Gasteiger partial charge in [-0.1, -0.05) is 12.1 Å². The maximum absolute atomic E-state index is 13.6. The number of esters is 2. The van der Waals surface area contributed by atoms with E-state index in [9.17, 15) is 44.5 Å². The van der Waals surface area contributed by atoms with Crippen LogP contribution in [0, 0.1) is 3.57 Å². The fourth-order valence-electron chi connectivity index (χ4n) is 2.13. The van der Waals surface area contributed by atoms with Crippen LogP contribution < -0.4 is 4.74 Å². The summed E-state index contributed by atoms with van der Waals surface area (Å²) in [7, 11) is -6.86. The van der Waals surface area contributed by atoms with Crippen molar-refractivity contribution >= 4 is 44.6 Å². The smallest absolute Gasteiger partial charge is 0.432 e. The third-order valence-corrected chi connectivity index (χ3v) is 5.15. The highest BCUT2D eigenvalue weighted by molar-refractivity contribution is 14.1. The summed E-state index contributed by atoms with van der Waals surface area (Å²) < 4.78 is 107. The molecule has 0 aliphatic carbocycles. The Labute approximate surface area is 185 Å². The third-order valence-electron chi connectivity index (χ3n) is 3.55. The molecule has 7 nitrogen and oxygen atoms in total. The Morgan fingerprint density at radius 2 is 1.39 bits per heavy atom. The first-order valence-corrected chi connectivity index (χ1v) is 10.3. The molecule has 0 saturated carbocycles. The van der Waals surface area contributed by atoms with E-state index >= 15 is 0 Å². The summed E-state index contributed by atoms with van der Waals surface area (Å²) in [6.07, 6.45) is -10.7. The van der Waals surface area contributed by atoms with E-state index in [2.05, 4.69) is 4.74 Å². The predicted molar refractivity (Wildman–Crippen MR) is 100 cm³/mol. The molecule has 14 heteroatoms. The number of halogens is 6. The number of benzene rings is 2. The first-order valence-electron chi connectivity index (χ1n) is 7.82. The van der Waals surface area contributed by atoms with Crippen molar-refractivity contribution in [3.63, 3.8) is 0 Å². The lowest BCUT2D eigenvalue weighted by Gasteiger charge is -2.29. The Kier molecular flexibility index (Phi) is 7.27. The molecule has 2 rings (SSSR count). The van der Waals surface area contributed by atoms with E-state index in [4.69, 9.17) is 4.74 Å². The predicted octanol–water partition coefficient (Wildman–Crippen LogP) is 3.74. The summed E-state index contributed by atoms with van der Waals surface area (Å²) >= 11 is 1.96. The van der Waals surface area contributed by atoms with Crippen LogP contribution in [-0.4, -0.2) is 42.4 Å². The first-order chi connectivity index (χ1) is 14.1. The van der Waals surface area contributed by atoms with Gasteiger partial charge in [0.15, 0.2) is 10.1 Å². The van der Waals surface area contributed by atoms with E-state index in [1.807, 2.05) is 22.6 Å². The zero-order valence-electron chi connectivity index (χ0n) is 14.7. The Bertz CT molecular complexity index is 1080. The summed E-state index contributed by atoms with van der Waals surface area (Å²) in [5, 5.41) is -6.02. The SMILES string of the molecule is O=C(Oc1ccc(I)cc1)c1ccccc1C(=O)OC(C(F)(F)F)C(F)(F)S(=O)(=O)[O-]. The lowest BCUT2D eigenvalue weighted by Crippen LogP contribution is -2.52. The molecule has 0 amide bonds. The maximum atomic E-state index is 13.6. The Morgan fingerprint density at radius 1 is 0.903 bits per heavy atom. The third kappa shape index (κ3) is 5.88. The molecule has 0 fully saturated rings. The van der Waals surface area contributed by atoms with Crippen LogP contribution in [-0.2, 0) is 14.9 Å². The van der Waals surface area contributed by atoms with Crippen LogP contribution in [0.3, 0.4) is 0 Å². The minimum atomic E-state index is -6.86. The van der Waals surface area contributed by atoms with Gasteiger partial charge in [-0.2, -0.15) is 22.0 Å². The first kappa shape index (κ1) is 24.9. The van der Waals surface area contributed by atoms with Crippen LogP contribution in [0.25, 0.3) is 0 Å². The zero-order chi connectivity index (χ0) is 23.6. The normalized spacial score (nSPS) is 13.4. The van der Waals surface area contributed by atoms with Gasteiger partial charge in [-0.15, -0.1) is 0 Å². The van der Waals surface area contributed by atoms with Crippen molar-refractivity contribution in [3.05, 3.63) is 63.2 Å². The van der Waals surface area contributed by atoms with Crippen LogP contribution in [0.4, 0.5) is 22.0 Å². The number of hydrogen-bond acceptors (Lipinski definition) is 7. The van der Waals surface area contributed by atoms with E-state index in [-0.39, 0.29) is 5.75 Å². The molecule has 0 spiro atoms. The second kappa shape index (κ2) is 9.04. The maximum Gasteiger partial charge on any atom is 0.432 e. The van der Waals surface area contributed by atoms with Gasteiger partial charge in [-0.05, 0) is 59.0 Å². The molecule has 0 saturated heterocycles. The van der Waals surface area contributed by atoms with E-state index in [0.717, 1.165) is 21.8 Å². The van der Waals surface area contributed by atoms with E-state index in [1.54, 1.807) is 12.1 Å². The molecule has 0 aliphatic rings. The molecule has 0 heterocycles. The van der Waals surface area contributed by atoms with Gasteiger partial charge in [0.05, 0.1) is 11.1 Å². The molecule has 2 aromatic rings. The van der Waals surface area contributed by atoms with Crippen LogP contribution >= 0.6 is 22.6 Å². The molecule has 168 valence electrons. The summed E-state index contributed by atoms with van der Waals surface area (Å²) in [5.74, 6) is -3.35. The zero-order valence-corrected chi connectivity index (χ0v) is 17.7. The van der Waals surface area contributed by atoms with Crippen molar-refractivity contribution in [2.45, 2.75) is 17.5 Å². The standard InChI is InChI=1S/C17H10F5IO7S/c18-16(19,20)15(17(21,22)31(26,27)28)30-14(25)12-4-2-1-3-11(12)13(24)29-10-7-5-9(23)6-8-10/h1-8,15H,(H,26,27,28)/p-1. The van der Waals surface area contributed by atoms with Gasteiger partial charge in [-0.3, -0.25) is 0 Å². The number of carbonyl (C=O) groups is 2. The number of hydrogen-bond donors (Lipinski definition) is 0. The van der Waals surface area contributed by atoms with Crippen molar-refractivity contribution in [2.24, 2.45) is 0 Å². The van der Waals surface area contributed by atoms with Gasteiger partial charge in [0.25, 0.3) is 6.10 Å². The summed E-state index contributed by atoms with van der Waals surface area (Å²) in [5.41, 5.74) is -1.58. The number of ether oxygens (including phenoxy) is 2. The molecule has 0 N–H and O–H groups in total. The van der Waals surface area contributed by atoms with Crippen molar-refractivity contribution in [1.82, 2.24) is 0 Å². The molecule has 0 radical (unpaired) electrons. The second-order valence-corrected chi connectivity index (χ2v) is 8.43. The molecule has 0 bridgehead atoms. The van der Waals surface area contributed by atoms with Crippen LogP contribution in [0.15, 0.2) is 48.5 Å². The second-order valence-electron chi connectivity index (χ2n) is 5.73. The monoisotopic (exact) mass is 579 g/mol. The van der Waals surface area contributed by atoms with E-state index < -0.39 is 50.7 Å². The highest BCUT2D eigenvalue weighted by Gasteiger charge is 2.63. The molecular weight excluding hydrogens is 570 g/mol. The van der Waals surface area contributed by atoms with Gasteiger partial charge in [-0.25, -0.2) is 18.0 Å². The Balaban J connectivity index is 2.37. The molecule has 1 unspecified atom stereocenters. The minimum Gasteiger partial charge on any atom is -0.743 e. The minimum absolute atomic E-state index is 0.00531. The number of carbonyl (C=O) groups excluding carboxylic acids is 2. The largest absolute Gasteiger partial charge is 0.743 e. The fraction of sp³-hybridized carbons (Fsp3) is 0.176. The molecular formula is C17H9F5IO7S-. The van der Waals surface area contributed by atoms with Crippen molar-refractivity contribution in [1.29, 1.82) is 0 Å². The van der Waals surface area contributed by atoms with Crippen molar-refractivity contribution in [2.75, 3.05) is 0 Å². The Hall–Kier alpha value is -2.33. The van der Waals surface area contributed by atoms with Gasteiger partial charge < -0.3 is 14.0 Å². The van der Waals surface area contributed by atoms with Gasteiger partial charge in [0.1, 0.15) is 5.75 Å². The number of rotatable bonds is 6. The molecule has 0 aromatic heterocycles. The lowest BCUT2D eigenvalue weighted by atomic mass is 10.1. The fourth-order valence-corrected chi connectivity index (χ4v) is 2.93. The van der Waals surface area contributed by atoms with Crippen LogP contribution in [0.2, 0.25) is 0 Å². The average molecular weight is 579 g/mol.